The summed E-state index contributed by atoms with van der Waals surface area (Å²) in [5.41, 5.74) is 4.59. The Morgan fingerprint density at radius 3 is 2.32 bits per heavy atom. The first-order valence-corrected chi connectivity index (χ1v) is 6.23. The summed E-state index contributed by atoms with van der Waals surface area (Å²) in [4.78, 5) is 10.1. The third-order valence-electron chi connectivity index (χ3n) is 2.36. The van der Waals surface area contributed by atoms with Gasteiger partial charge in [0.2, 0.25) is 0 Å². The fourth-order valence-corrected chi connectivity index (χ4v) is 1.65. The minimum absolute atomic E-state index is 0.0676. The molecule has 0 bridgehead atoms. The van der Waals surface area contributed by atoms with E-state index in [2.05, 4.69) is 26.5 Å². The lowest BCUT2D eigenvalue weighted by molar-refractivity contribution is -0.384. The molecule has 0 saturated carbocycles. The van der Waals surface area contributed by atoms with Gasteiger partial charge in [-0.3, -0.25) is 15.5 Å². The molecule has 0 unspecified atom stereocenters. The maximum absolute atomic E-state index is 10.5. The molecule has 19 heavy (non-hydrogen) atoms. The SMILES string of the molecule is O=[N+]([O-])c1ccc(/C=N\Nc2ccc(Br)cc2)cc1. The van der Waals surface area contributed by atoms with Crippen molar-refractivity contribution in [2.24, 2.45) is 5.10 Å². The summed E-state index contributed by atoms with van der Waals surface area (Å²) in [6.07, 6.45) is 1.60. The number of nitro benzene ring substituents is 1. The number of halogens is 1. The second kappa shape index (κ2) is 6.10. The van der Waals surface area contributed by atoms with Gasteiger partial charge in [0.25, 0.3) is 5.69 Å². The molecule has 2 aromatic carbocycles. The summed E-state index contributed by atoms with van der Waals surface area (Å²) in [6, 6.07) is 13.8. The summed E-state index contributed by atoms with van der Waals surface area (Å²) in [7, 11) is 0. The van der Waals surface area contributed by atoms with Gasteiger partial charge in [0, 0.05) is 16.6 Å². The zero-order valence-corrected chi connectivity index (χ0v) is 11.4. The number of hydrogen-bond donors (Lipinski definition) is 1. The van der Waals surface area contributed by atoms with Crippen LogP contribution in [0, 0.1) is 10.1 Å². The number of nitrogens with zero attached hydrogens (tertiary/aromatic N) is 2. The molecule has 2 rings (SSSR count). The monoisotopic (exact) mass is 319 g/mol. The van der Waals surface area contributed by atoms with Crippen molar-refractivity contribution in [2.45, 2.75) is 0 Å². The molecular weight excluding hydrogens is 310 g/mol. The van der Waals surface area contributed by atoms with Crippen LogP contribution in [0.25, 0.3) is 0 Å². The second-order valence-electron chi connectivity index (χ2n) is 3.73. The van der Waals surface area contributed by atoms with Crippen LogP contribution in [0.4, 0.5) is 11.4 Å². The lowest BCUT2D eigenvalue weighted by atomic mass is 10.2. The Balaban J connectivity index is 1.98. The van der Waals surface area contributed by atoms with Gasteiger partial charge < -0.3 is 0 Å². The number of benzene rings is 2. The van der Waals surface area contributed by atoms with Gasteiger partial charge in [-0.1, -0.05) is 15.9 Å². The van der Waals surface area contributed by atoms with Crippen molar-refractivity contribution in [1.29, 1.82) is 0 Å². The summed E-state index contributed by atoms with van der Waals surface area (Å²) >= 11 is 3.35. The number of hydrazone groups is 1. The molecule has 0 aliphatic heterocycles. The number of rotatable bonds is 4. The van der Waals surface area contributed by atoms with E-state index < -0.39 is 4.92 Å². The minimum Gasteiger partial charge on any atom is -0.279 e. The minimum atomic E-state index is -0.430. The molecule has 0 spiro atoms. The predicted octanol–water partition coefficient (Wildman–Crippen LogP) is 3.80. The molecule has 0 radical (unpaired) electrons. The van der Waals surface area contributed by atoms with Crippen LogP contribution in [-0.4, -0.2) is 11.1 Å². The first-order chi connectivity index (χ1) is 9.15. The van der Waals surface area contributed by atoms with Gasteiger partial charge in [0.05, 0.1) is 16.8 Å². The molecule has 0 fully saturated rings. The van der Waals surface area contributed by atoms with Gasteiger partial charge in [-0.15, -0.1) is 0 Å². The smallest absolute Gasteiger partial charge is 0.269 e. The van der Waals surface area contributed by atoms with Crippen molar-refractivity contribution in [1.82, 2.24) is 0 Å². The van der Waals surface area contributed by atoms with E-state index >= 15 is 0 Å². The predicted molar refractivity (Wildman–Crippen MR) is 78.5 cm³/mol. The number of nitro groups is 1. The van der Waals surface area contributed by atoms with Gasteiger partial charge in [-0.25, -0.2) is 0 Å². The van der Waals surface area contributed by atoms with E-state index in [-0.39, 0.29) is 5.69 Å². The molecule has 6 heteroatoms. The van der Waals surface area contributed by atoms with E-state index in [1.54, 1.807) is 18.3 Å². The Morgan fingerprint density at radius 2 is 1.74 bits per heavy atom. The van der Waals surface area contributed by atoms with Crippen molar-refractivity contribution < 1.29 is 4.92 Å². The normalized spacial score (nSPS) is 10.6. The van der Waals surface area contributed by atoms with Crippen LogP contribution >= 0.6 is 15.9 Å². The zero-order valence-electron chi connectivity index (χ0n) is 9.79. The maximum atomic E-state index is 10.5. The van der Waals surface area contributed by atoms with Crippen LogP contribution in [0.1, 0.15) is 5.56 Å². The van der Waals surface area contributed by atoms with E-state index in [0.29, 0.717) is 0 Å². The Bertz CT molecular complexity index is 594. The molecule has 0 amide bonds. The van der Waals surface area contributed by atoms with E-state index in [4.69, 9.17) is 0 Å². The average Bonchev–Trinajstić information content (AvgIpc) is 2.41. The van der Waals surface area contributed by atoms with Crippen molar-refractivity contribution in [3.63, 3.8) is 0 Å². The number of non-ortho nitro benzene ring substituents is 1. The van der Waals surface area contributed by atoms with E-state index in [9.17, 15) is 10.1 Å². The quantitative estimate of drug-likeness (QED) is 0.529. The van der Waals surface area contributed by atoms with Crippen LogP contribution in [0.5, 0.6) is 0 Å². The molecule has 96 valence electrons. The first kappa shape index (κ1) is 13.2. The number of hydrogen-bond acceptors (Lipinski definition) is 4. The average molecular weight is 320 g/mol. The van der Waals surface area contributed by atoms with Crippen LogP contribution in [0.3, 0.4) is 0 Å². The molecule has 2 aromatic rings. The summed E-state index contributed by atoms with van der Waals surface area (Å²) in [5.74, 6) is 0. The molecule has 0 saturated heterocycles. The molecule has 0 aliphatic rings. The standard InChI is InChI=1S/C13H10BrN3O2/c14-11-3-5-12(6-4-11)16-15-9-10-1-7-13(8-2-10)17(18)19/h1-9,16H/b15-9-. The molecule has 0 aromatic heterocycles. The third kappa shape index (κ3) is 3.89. The van der Waals surface area contributed by atoms with Crippen LogP contribution in [-0.2, 0) is 0 Å². The molecule has 0 atom stereocenters. The lowest BCUT2D eigenvalue weighted by Crippen LogP contribution is -1.91. The van der Waals surface area contributed by atoms with Gasteiger partial charge >= 0.3 is 0 Å². The highest BCUT2D eigenvalue weighted by molar-refractivity contribution is 9.10. The fourth-order valence-electron chi connectivity index (χ4n) is 1.39. The molecule has 1 N–H and O–H groups in total. The highest BCUT2D eigenvalue weighted by atomic mass is 79.9. The largest absolute Gasteiger partial charge is 0.279 e. The maximum Gasteiger partial charge on any atom is 0.269 e. The Morgan fingerprint density at radius 1 is 1.11 bits per heavy atom. The first-order valence-electron chi connectivity index (χ1n) is 5.44. The van der Waals surface area contributed by atoms with Crippen LogP contribution in [0.2, 0.25) is 0 Å². The molecule has 5 nitrogen and oxygen atoms in total. The third-order valence-corrected chi connectivity index (χ3v) is 2.88. The number of anilines is 1. The summed E-state index contributed by atoms with van der Waals surface area (Å²) < 4.78 is 0.998. The van der Waals surface area contributed by atoms with Crippen molar-refractivity contribution >= 4 is 33.5 Å². The lowest BCUT2D eigenvalue weighted by Gasteiger charge is -1.99. The molecule has 0 aliphatic carbocycles. The Hall–Kier alpha value is -2.21. The van der Waals surface area contributed by atoms with E-state index in [1.165, 1.54) is 12.1 Å². The van der Waals surface area contributed by atoms with Gasteiger partial charge in [-0.05, 0) is 42.0 Å². The highest BCUT2D eigenvalue weighted by Gasteiger charge is 2.02. The van der Waals surface area contributed by atoms with E-state index in [0.717, 1.165) is 15.7 Å². The van der Waals surface area contributed by atoms with Crippen molar-refractivity contribution in [3.05, 3.63) is 68.7 Å². The fraction of sp³-hybridized carbons (Fsp3) is 0. The van der Waals surface area contributed by atoms with Gasteiger partial charge in [0.1, 0.15) is 0 Å². The Kier molecular flexibility index (Phi) is 4.25. The molecule has 0 heterocycles. The van der Waals surface area contributed by atoms with Crippen LogP contribution in [0.15, 0.2) is 58.1 Å². The van der Waals surface area contributed by atoms with Crippen molar-refractivity contribution in [3.8, 4) is 0 Å². The zero-order chi connectivity index (χ0) is 13.7. The van der Waals surface area contributed by atoms with Crippen molar-refractivity contribution in [2.75, 3.05) is 5.43 Å². The van der Waals surface area contributed by atoms with Gasteiger partial charge in [0.15, 0.2) is 0 Å². The Labute approximate surface area is 118 Å². The summed E-state index contributed by atoms with van der Waals surface area (Å²) in [6.45, 7) is 0. The topological polar surface area (TPSA) is 67.5 Å². The number of nitrogens with one attached hydrogen (secondary N) is 1. The summed E-state index contributed by atoms with van der Waals surface area (Å²) in [5, 5.41) is 14.6. The molecular formula is C13H10BrN3O2. The van der Waals surface area contributed by atoms with Crippen LogP contribution < -0.4 is 5.43 Å². The second-order valence-corrected chi connectivity index (χ2v) is 4.64. The highest BCUT2D eigenvalue weighted by Crippen LogP contribution is 2.14. The van der Waals surface area contributed by atoms with E-state index in [1.807, 2.05) is 24.3 Å². The van der Waals surface area contributed by atoms with Gasteiger partial charge in [-0.2, -0.15) is 5.10 Å².